The van der Waals surface area contributed by atoms with Crippen molar-refractivity contribution in [3.63, 3.8) is 0 Å². The number of aromatic nitrogens is 4. The van der Waals surface area contributed by atoms with Gasteiger partial charge in [-0.15, -0.1) is 0 Å². The number of pyridine rings is 1. The summed E-state index contributed by atoms with van der Waals surface area (Å²) >= 11 is 3.17. The predicted octanol–water partition coefficient (Wildman–Crippen LogP) is 3.27. The summed E-state index contributed by atoms with van der Waals surface area (Å²) in [5.41, 5.74) is -0.527. The van der Waals surface area contributed by atoms with Gasteiger partial charge in [0.2, 0.25) is 0 Å². The zero-order valence-corrected chi connectivity index (χ0v) is 15.5. The average Bonchev–Trinajstić information content (AvgIpc) is 3.24. The van der Waals surface area contributed by atoms with Crippen molar-refractivity contribution in [3.8, 4) is 0 Å². The molecule has 2 N–H and O–H groups in total. The molecule has 10 heteroatoms. The number of hydrogen-bond acceptors (Lipinski definition) is 5. The molecule has 142 valence electrons. The minimum atomic E-state index is -4.57. The van der Waals surface area contributed by atoms with Gasteiger partial charge in [0.1, 0.15) is 10.4 Å². The van der Waals surface area contributed by atoms with E-state index in [1.807, 2.05) is 12.1 Å². The van der Waals surface area contributed by atoms with Gasteiger partial charge >= 0.3 is 6.18 Å². The normalized spacial score (nSPS) is 22.2. The summed E-state index contributed by atoms with van der Waals surface area (Å²) in [4.78, 5) is 8.00. The fourth-order valence-electron chi connectivity index (χ4n) is 3.36. The van der Waals surface area contributed by atoms with Crippen molar-refractivity contribution >= 4 is 27.4 Å². The third kappa shape index (κ3) is 3.27. The molecular weight excluding hydrogens is 427 g/mol. The van der Waals surface area contributed by atoms with Crippen LogP contribution in [0.25, 0.3) is 5.65 Å². The van der Waals surface area contributed by atoms with Gasteiger partial charge in [-0.05, 0) is 40.4 Å². The molecule has 0 aromatic carbocycles. The maximum atomic E-state index is 13.2. The Balaban J connectivity index is 1.69. The van der Waals surface area contributed by atoms with Crippen molar-refractivity contribution in [1.29, 1.82) is 0 Å². The first-order valence-corrected chi connectivity index (χ1v) is 9.02. The number of fused-ring (bicyclic) bond motifs is 1. The van der Waals surface area contributed by atoms with E-state index in [4.69, 9.17) is 0 Å². The Morgan fingerprint density at radius 3 is 2.78 bits per heavy atom. The summed E-state index contributed by atoms with van der Waals surface area (Å²) in [5.74, 6) is 0.181. The first-order valence-electron chi connectivity index (χ1n) is 8.23. The molecule has 27 heavy (non-hydrogen) atoms. The summed E-state index contributed by atoms with van der Waals surface area (Å²) in [6.07, 6.45) is -2.20. The molecule has 0 aliphatic heterocycles. The highest BCUT2D eigenvalue weighted by Gasteiger charge is 2.55. The van der Waals surface area contributed by atoms with Gasteiger partial charge in [0, 0.05) is 42.6 Å². The smallest absolute Gasteiger partial charge is 0.396 e. The Morgan fingerprint density at radius 2 is 2.15 bits per heavy atom. The second-order valence-electron chi connectivity index (χ2n) is 6.57. The highest BCUT2D eigenvalue weighted by atomic mass is 79.9. The Morgan fingerprint density at radius 1 is 1.33 bits per heavy atom. The van der Waals surface area contributed by atoms with Crippen LogP contribution in [0.3, 0.4) is 0 Å². The number of anilines is 1. The van der Waals surface area contributed by atoms with Crippen LogP contribution in [0.15, 0.2) is 41.1 Å². The number of hydrogen-bond donors (Lipinski definition) is 2. The van der Waals surface area contributed by atoms with Crippen LogP contribution in [-0.4, -0.2) is 37.8 Å². The molecule has 1 saturated carbocycles. The van der Waals surface area contributed by atoms with Crippen LogP contribution >= 0.6 is 15.9 Å². The monoisotopic (exact) mass is 441 g/mol. The van der Waals surface area contributed by atoms with Crippen LogP contribution in [0.5, 0.6) is 0 Å². The third-order valence-electron chi connectivity index (χ3n) is 4.90. The summed E-state index contributed by atoms with van der Waals surface area (Å²) in [6.45, 7) is 0.314. The van der Waals surface area contributed by atoms with Gasteiger partial charge in [0.25, 0.3) is 0 Å². The van der Waals surface area contributed by atoms with Gasteiger partial charge in [0.15, 0.2) is 11.3 Å². The topological polar surface area (TPSA) is 75.3 Å². The number of rotatable bonds is 5. The van der Waals surface area contributed by atoms with Crippen LogP contribution in [0.1, 0.15) is 17.8 Å². The second kappa shape index (κ2) is 6.45. The average molecular weight is 442 g/mol. The number of alkyl halides is 3. The lowest BCUT2D eigenvalue weighted by molar-refractivity contribution is -0.141. The van der Waals surface area contributed by atoms with Crippen molar-refractivity contribution in [2.75, 3.05) is 18.5 Å². The molecule has 2 atom stereocenters. The van der Waals surface area contributed by atoms with E-state index in [0.717, 1.165) is 11.8 Å². The molecule has 0 amide bonds. The standard InChI is InChI=1S/C17H15BrF3N5O/c18-13-6-15-24-12(17(19,20)21)5-14(26(15)25-13)23-9-16(7-10(16)8-27)11-3-1-2-4-22-11/h1-6,10,23,27H,7-9H2/t10-,16-/m1/s1. The summed E-state index contributed by atoms with van der Waals surface area (Å²) < 4.78 is 41.3. The fraction of sp³-hybridized carbons (Fsp3) is 0.353. The molecule has 0 saturated heterocycles. The van der Waals surface area contributed by atoms with Crippen molar-refractivity contribution < 1.29 is 18.3 Å². The Labute approximate surface area is 160 Å². The highest BCUT2D eigenvalue weighted by molar-refractivity contribution is 9.10. The van der Waals surface area contributed by atoms with E-state index in [9.17, 15) is 18.3 Å². The molecule has 0 radical (unpaired) electrons. The van der Waals surface area contributed by atoms with E-state index in [1.54, 1.807) is 12.3 Å². The molecule has 1 aliphatic carbocycles. The maximum Gasteiger partial charge on any atom is 0.433 e. The molecule has 3 aromatic rings. The number of aliphatic hydroxyl groups is 1. The van der Waals surface area contributed by atoms with E-state index in [2.05, 4.69) is 36.3 Å². The molecule has 0 bridgehead atoms. The molecule has 3 aromatic heterocycles. The van der Waals surface area contributed by atoms with E-state index < -0.39 is 17.3 Å². The van der Waals surface area contributed by atoms with Crippen LogP contribution in [-0.2, 0) is 11.6 Å². The minimum absolute atomic E-state index is 0.00340. The van der Waals surface area contributed by atoms with Crippen LogP contribution in [0, 0.1) is 5.92 Å². The Hall–Kier alpha value is -2.20. The van der Waals surface area contributed by atoms with E-state index >= 15 is 0 Å². The highest BCUT2D eigenvalue weighted by Crippen LogP contribution is 2.53. The quantitative estimate of drug-likeness (QED) is 0.635. The Bertz CT molecular complexity index is 978. The second-order valence-corrected chi connectivity index (χ2v) is 7.38. The lowest BCUT2D eigenvalue weighted by atomic mass is 9.98. The van der Waals surface area contributed by atoms with Gasteiger partial charge in [-0.25, -0.2) is 4.98 Å². The lowest BCUT2D eigenvalue weighted by Gasteiger charge is -2.19. The maximum absolute atomic E-state index is 13.2. The van der Waals surface area contributed by atoms with Crippen molar-refractivity contribution in [3.05, 3.63) is 52.5 Å². The van der Waals surface area contributed by atoms with Crippen LogP contribution in [0.4, 0.5) is 19.0 Å². The van der Waals surface area contributed by atoms with Crippen molar-refractivity contribution in [2.45, 2.75) is 18.0 Å². The number of halogens is 4. The summed E-state index contributed by atoms with van der Waals surface area (Å²) in [6, 6.07) is 7.88. The van der Waals surface area contributed by atoms with Crippen molar-refractivity contribution in [2.24, 2.45) is 5.92 Å². The van der Waals surface area contributed by atoms with Gasteiger partial charge < -0.3 is 10.4 Å². The number of aliphatic hydroxyl groups excluding tert-OH is 1. The fourth-order valence-corrected chi connectivity index (χ4v) is 3.73. The van der Waals surface area contributed by atoms with E-state index in [1.165, 1.54) is 10.6 Å². The molecule has 3 heterocycles. The minimum Gasteiger partial charge on any atom is -0.396 e. The van der Waals surface area contributed by atoms with Crippen LogP contribution in [0.2, 0.25) is 0 Å². The summed E-state index contributed by atoms with van der Waals surface area (Å²) in [7, 11) is 0. The number of nitrogens with zero attached hydrogens (tertiary/aromatic N) is 4. The SMILES string of the molecule is OC[C@H]1C[C@]1(CNc1cc(C(F)(F)F)nc2cc(Br)nn12)c1ccccn1. The molecule has 1 aliphatic rings. The van der Waals surface area contributed by atoms with Gasteiger partial charge in [-0.1, -0.05) is 6.07 Å². The lowest BCUT2D eigenvalue weighted by Crippen LogP contribution is -2.25. The molecule has 0 spiro atoms. The molecule has 4 rings (SSSR count). The van der Waals surface area contributed by atoms with E-state index in [-0.39, 0.29) is 24.0 Å². The predicted molar refractivity (Wildman–Crippen MR) is 95.3 cm³/mol. The first kappa shape index (κ1) is 18.2. The third-order valence-corrected chi connectivity index (χ3v) is 5.29. The molecule has 0 unspecified atom stereocenters. The first-order chi connectivity index (χ1) is 12.8. The largest absolute Gasteiger partial charge is 0.433 e. The number of nitrogens with one attached hydrogen (secondary N) is 1. The summed E-state index contributed by atoms with van der Waals surface area (Å²) in [5, 5.41) is 16.8. The Kier molecular flexibility index (Phi) is 4.34. The van der Waals surface area contributed by atoms with Crippen molar-refractivity contribution in [1.82, 2.24) is 19.6 Å². The molecular formula is C17H15BrF3N5O. The van der Waals surface area contributed by atoms with Crippen LogP contribution < -0.4 is 5.32 Å². The molecule has 1 fully saturated rings. The van der Waals surface area contributed by atoms with E-state index in [0.29, 0.717) is 17.6 Å². The zero-order chi connectivity index (χ0) is 19.2. The zero-order valence-electron chi connectivity index (χ0n) is 13.9. The van der Waals surface area contributed by atoms with Gasteiger partial charge in [0.05, 0.1) is 0 Å². The molecule has 6 nitrogen and oxygen atoms in total. The van der Waals surface area contributed by atoms with Gasteiger partial charge in [-0.2, -0.15) is 22.8 Å². The van der Waals surface area contributed by atoms with Gasteiger partial charge in [-0.3, -0.25) is 4.98 Å².